The lowest BCUT2D eigenvalue weighted by Crippen LogP contribution is -2.34. The van der Waals surface area contributed by atoms with Gasteiger partial charge in [-0.3, -0.25) is 9.88 Å². The molecule has 0 saturated carbocycles. The summed E-state index contributed by atoms with van der Waals surface area (Å²) in [7, 11) is 1.92. The van der Waals surface area contributed by atoms with Crippen LogP contribution in [0.1, 0.15) is 0 Å². The molecule has 1 aliphatic heterocycles. The summed E-state index contributed by atoms with van der Waals surface area (Å²) < 4.78 is 2.01. The predicted octanol–water partition coefficient (Wildman–Crippen LogP) is 2.71. The lowest BCUT2D eigenvalue weighted by Gasteiger charge is -2.18. The highest BCUT2D eigenvalue weighted by molar-refractivity contribution is 7.98. The predicted molar refractivity (Wildman–Crippen MR) is 81.2 cm³/mol. The summed E-state index contributed by atoms with van der Waals surface area (Å²) in [4.78, 5) is 5.89. The molecule has 19 heavy (non-hydrogen) atoms. The fourth-order valence-corrected chi connectivity index (χ4v) is 2.46. The van der Waals surface area contributed by atoms with Crippen molar-refractivity contribution in [2.75, 3.05) is 18.6 Å². The fourth-order valence-electron chi connectivity index (χ4n) is 2.05. The van der Waals surface area contributed by atoms with Gasteiger partial charge in [0.05, 0.1) is 5.69 Å². The molecule has 0 amide bonds. The van der Waals surface area contributed by atoms with Crippen LogP contribution < -0.4 is 10.6 Å². The Morgan fingerprint density at radius 3 is 2.79 bits per heavy atom. The van der Waals surface area contributed by atoms with E-state index in [2.05, 4.69) is 52.2 Å². The van der Waals surface area contributed by atoms with Crippen molar-refractivity contribution in [3.8, 4) is 11.3 Å². The van der Waals surface area contributed by atoms with Crippen LogP contribution in [0.15, 0.2) is 41.4 Å². The molecule has 0 saturated heterocycles. The second kappa shape index (κ2) is 5.11. The molecule has 1 aromatic heterocycles. The molecule has 1 atom stereocenters. The molecule has 3 rings (SSSR count). The van der Waals surface area contributed by atoms with Crippen LogP contribution in [0.4, 0.5) is 5.95 Å². The van der Waals surface area contributed by atoms with Crippen LogP contribution >= 0.6 is 11.8 Å². The molecule has 0 fully saturated rings. The SMILES string of the molecule is CNC1C=Cn2cc(-c3ccc(SC)cc3)nc2N1. The Bertz CT molecular complexity index is 600. The van der Waals surface area contributed by atoms with E-state index in [9.17, 15) is 0 Å². The van der Waals surface area contributed by atoms with E-state index in [0.717, 1.165) is 17.2 Å². The third-order valence-electron chi connectivity index (χ3n) is 3.15. The molecule has 1 aromatic carbocycles. The number of thioether (sulfide) groups is 1. The van der Waals surface area contributed by atoms with Gasteiger partial charge in [0.15, 0.2) is 0 Å². The first-order valence-corrected chi connectivity index (χ1v) is 7.38. The molecule has 4 nitrogen and oxygen atoms in total. The second-order valence-corrected chi connectivity index (χ2v) is 5.22. The first-order chi connectivity index (χ1) is 9.30. The molecule has 0 aliphatic carbocycles. The Kier molecular flexibility index (Phi) is 3.31. The van der Waals surface area contributed by atoms with Gasteiger partial charge in [0.25, 0.3) is 0 Å². The number of aromatic nitrogens is 2. The zero-order valence-electron chi connectivity index (χ0n) is 10.9. The number of rotatable bonds is 3. The largest absolute Gasteiger partial charge is 0.336 e. The van der Waals surface area contributed by atoms with Gasteiger partial charge in [-0.1, -0.05) is 12.1 Å². The third kappa shape index (κ3) is 2.39. The minimum Gasteiger partial charge on any atom is -0.336 e. The number of anilines is 1. The van der Waals surface area contributed by atoms with Gasteiger partial charge >= 0.3 is 0 Å². The van der Waals surface area contributed by atoms with Crippen molar-refractivity contribution in [2.45, 2.75) is 11.1 Å². The summed E-state index contributed by atoms with van der Waals surface area (Å²) in [5.41, 5.74) is 2.12. The number of hydrogen-bond donors (Lipinski definition) is 2. The molecule has 1 aliphatic rings. The number of hydrogen-bond acceptors (Lipinski definition) is 4. The van der Waals surface area contributed by atoms with Crippen LogP contribution in [-0.2, 0) is 0 Å². The molecular formula is C14H16N4S. The van der Waals surface area contributed by atoms with Crippen molar-refractivity contribution < 1.29 is 0 Å². The van der Waals surface area contributed by atoms with Gasteiger partial charge in [-0.15, -0.1) is 11.8 Å². The molecule has 1 unspecified atom stereocenters. The maximum atomic E-state index is 4.63. The average Bonchev–Trinajstić information content (AvgIpc) is 2.90. The maximum Gasteiger partial charge on any atom is 0.209 e. The Labute approximate surface area is 116 Å². The van der Waals surface area contributed by atoms with Crippen LogP contribution in [0, 0.1) is 0 Å². The Morgan fingerprint density at radius 1 is 1.32 bits per heavy atom. The van der Waals surface area contributed by atoms with Crippen molar-refractivity contribution in [3.63, 3.8) is 0 Å². The topological polar surface area (TPSA) is 41.9 Å². The van der Waals surface area contributed by atoms with Crippen LogP contribution in [0.5, 0.6) is 0 Å². The highest BCUT2D eigenvalue weighted by Gasteiger charge is 2.14. The number of imidazole rings is 1. The molecule has 98 valence electrons. The van der Waals surface area contributed by atoms with Gasteiger partial charge in [0, 0.05) is 22.9 Å². The average molecular weight is 272 g/mol. The highest BCUT2D eigenvalue weighted by atomic mass is 32.2. The minimum absolute atomic E-state index is 0.140. The minimum atomic E-state index is 0.140. The smallest absolute Gasteiger partial charge is 0.209 e. The van der Waals surface area contributed by atoms with Crippen molar-refractivity contribution in [1.29, 1.82) is 0 Å². The van der Waals surface area contributed by atoms with Gasteiger partial charge < -0.3 is 5.32 Å². The van der Waals surface area contributed by atoms with Gasteiger partial charge in [0.2, 0.25) is 5.95 Å². The van der Waals surface area contributed by atoms with Crippen LogP contribution in [0.25, 0.3) is 17.5 Å². The second-order valence-electron chi connectivity index (χ2n) is 4.34. The summed E-state index contributed by atoms with van der Waals surface area (Å²) in [6.07, 6.45) is 8.35. The Hall–Kier alpha value is -1.72. The number of benzene rings is 1. The van der Waals surface area contributed by atoms with Crippen molar-refractivity contribution in [3.05, 3.63) is 36.5 Å². The summed E-state index contributed by atoms with van der Waals surface area (Å²) in [6.45, 7) is 0. The number of nitrogens with one attached hydrogen (secondary N) is 2. The third-order valence-corrected chi connectivity index (χ3v) is 3.90. The Morgan fingerprint density at radius 2 is 2.11 bits per heavy atom. The van der Waals surface area contributed by atoms with E-state index in [4.69, 9.17) is 0 Å². The molecule has 5 heteroatoms. The summed E-state index contributed by atoms with van der Waals surface area (Å²) in [6, 6.07) is 8.47. The Balaban J connectivity index is 1.91. The lowest BCUT2D eigenvalue weighted by molar-refractivity contribution is 0.722. The van der Waals surface area contributed by atoms with Gasteiger partial charge in [-0.2, -0.15) is 0 Å². The van der Waals surface area contributed by atoms with Crippen molar-refractivity contribution in [1.82, 2.24) is 14.9 Å². The maximum absolute atomic E-state index is 4.63. The molecule has 0 radical (unpaired) electrons. The number of likely N-dealkylation sites (N-methyl/N-ethyl adjacent to an activating group) is 1. The van der Waals surface area contributed by atoms with Gasteiger partial charge in [-0.05, 0) is 31.5 Å². The van der Waals surface area contributed by atoms with E-state index in [1.54, 1.807) is 11.8 Å². The zero-order valence-corrected chi connectivity index (χ0v) is 11.7. The van der Waals surface area contributed by atoms with Crippen LogP contribution in [0.3, 0.4) is 0 Å². The number of nitrogens with zero attached hydrogens (tertiary/aromatic N) is 2. The molecule has 2 aromatic rings. The fraction of sp³-hybridized carbons (Fsp3) is 0.214. The standard InChI is InChI=1S/C14H16N4S/c1-15-13-7-8-18-9-12(16-14(18)17-13)10-3-5-11(19-2)6-4-10/h3-9,13,15H,1-2H3,(H,16,17). The molecule has 2 N–H and O–H groups in total. The van der Waals surface area contributed by atoms with E-state index in [-0.39, 0.29) is 6.17 Å². The summed E-state index contributed by atoms with van der Waals surface area (Å²) >= 11 is 1.75. The highest BCUT2D eigenvalue weighted by Crippen LogP contribution is 2.25. The van der Waals surface area contributed by atoms with E-state index in [1.807, 2.05) is 24.0 Å². The lowest BCUT2D eigenvalue weighted by atomic mass is 10.2. The van der Waals surface area contributed by atoms with E-state index in [1.165, 1.54) is 4.90 Å². The van der Waals surface area contributed by atoms with Gasteiger partial charge in [-0.25, -0.2) is 4.98 Å². The van der Waals surface area contributed by atoms with Crippen LogP contribution in [-0.4, -0.2) is 29.0 Å². The summed E-state index contributed by atoms with van der Waals surface area (Å²) in [5, 5.41) is 6.46. The molecule has 0 spiro atoms. The van der Waals surface area contributed by atoms with Crippen molar-refractivity contribution in [2.24, 2.45) is 0 Å². The first-order valence-electron chi connectivity index (χ1n) is 6.15. The van der Waals surface area contributed by atoms with Crippen LogP contribution in [0.2, 0.25) is 0 Å². The first kappa shape index (κ1) is 12.3. The monoisotopic (exact) mass is 272 g/mol. The van der Waals surface area contributed by atoms with E-state index in [0.29, 0.717) is 0 Å². The molecule has 2 heterocycles. The zero-order chi connectivity index (χ0) is 13.2. The molecular weight excluding hydrogens is 256 g/mol. The van der Waals surface area contributed by atoms with Gasteiger partial charge in [0.1, 0.15) is 6.17 Å². The quantitative estimate of drug-likeness (QED) is 0.843. The van der Waals surface area contributed by atoms with Crippen molar-refractivity contribution >= 4 is 23.9 Å². The van der Waals surface area contributed by atoms with E-state index >= 15 is 0 Å². The number of fused-ring (bicyclic) bond motifs is 1. The normalized spacial score (nSPS) is 17.1. The molecule has 0 bridgehead atoms. The summed E-state index contributed by atoms with van der Waals surface area (Å²) in [5.74, 6) is 0.866. The van der Waals surface area contributed by atoms with E-state index < -0.39 is 0 Å².